The number of hydrogen-bond donors (Lipinski definition) is 2. The van der Waals surface area contributed by atoms with Crippen LogP contribution >= 0.6 is 24.0 Å². The van der Waals surface area contributed by atoms with Gasteiger partial charge < -0.3 is 20.7 Å². The van der Waals surface area contributed by atoms with Crippen molar-refractivity contribution in [2.24, 2.45) is 10.7 Å². The topological polar surface area (TPSA) is 80.0 Å². The molecule has 0 aliphatic carbocycles. The second kappa shape index (κ2) is 10.4. The van der Waals surface area contributed by atoms with Crippen molar-refractivity contribution in [3.05, 3.63) is 29.8 Å². The Hall–Kier alpha value is -1.51. The molecule has 0 aliphatic heterocycles. The van der Waals surface area contributed by atoms with E-state index in [-0.39, 0.29) is 30.1 Å². The summed E-state index contributed by atoms with van der Waals surface area (Å²) in [5, 5.41) is 3.05. The lowest BCUT2D eigenvalue weighted by molar-refractivity contribution is 0.0304. The molecule has 0 radical (unpaired) electrons. The van der Waals surface area contributed by atoms with E-state index in [1.807, 2.05) is 39.0 Å². The van der Waals surface area contributed by atoms with E-state index < -0.39 is 5.60 Å². The zero-order chi connectivity index (χ0) is 17.5. The number of amides is 1. The summed E-state index contributed by atoms with van der Waals surface area (Å²) in [6.45, 7) is 8.45. The maximum Gasteiger partial charge on any atom is 0.410 e. The Morgan fingerprint density at radius 2 is 2.04 bits per heavy atom. The second-order valence-electron chi connectivity index (χ2n) is 6.35. The normalized spacial score (nSPS) is 11.5. The van der Waals surface area contributed by atoms with Gasteiger partial charge in [0.25, 0.3) is 0 Å². The summed E-state index contributed by atoms with van der Waals surface area (Å²) in [4.78, 5) is 17.5. The van der Waals surface area contributed by atoms with Crippen molar-refractivity contribution in [1.29, 1.82) is 0 Å². The third kappa shape index (κ3) is 8.95. The van der Waals surface area contributed by atoms with Crippen LogP contribution in [0.3, 0.4) is 0 Å². The number of carbonyl (C=O) groups excluding carboxylic acids is 1. The van der Waals surface area contributed by atoms with E-state index in [2.05, 4.69) is 23.3 Å². The minimum atomic E-state index is -0.501. The third-order valence-corrected chi connectivity index (χ3v) is 3.03. The number of guanidine groups is 1. The van der Waals surface area contributed by atoms with Gasteiger partial charge in [0.1, 0.15) is 5.60 Å². The molecule has 0 unspecified atom stereocenters. The van der Waals surface area contributed by atoms with Crippen LogP contribution in [0.1, 0.15) is 33.3 Å². The van der Waals surface area contributed by atoms with Crippen molar-refractivity contribution < 1.29 is 9.53 Å². The van der Waals surface area contributed by atoms with Crippen LogP contribution < -0.4 is 11.1 Å². The van der Waals surface area contributed by atoms with Crippen LogP contribution in [-0.2, 0) is 11.2 Å². The van der Waals surface area contributed by atoms with Crippen LogP contribution in [0.4, 0.5) is 10.5 Å². The van der Waals surface area contributed by atoms with Crippen molar-refractivity contribution in [3.63, 3.8) is 0 Å². The van der Waals surface area contributed by atoms with E-state index in [1.54, 1.807) is 7.05 Å². The van der Waals surface area contributed by atoms with Crippen LogP contribution in [0.15, 0.2) is 29.3 Å². The number of benzene rings is 1. The van der Waals surface area contributed by atoms with Crippen LogP contribution in [0.5, 0.6) is 0 Å². The molecule has 0 atom stereocenters. The summed E-state index contributed by atoms with van der Waals surface area (Å²) >= 11 is 0. The standard InChI is InChI=1S/C17H28N4O2.HI/c1-6-13-8-7-9-14(12-13)20-15(18)19-10-11-21(5)16(22)23-17(2,3)4;/h7-9,12H,6,10-11H2,1-5H3,(H3,18,19,20);1H. The first-order valence-electron chi connectivity index (χ1n) is 7.81. The first-order valence-corrected chi connectivity index (χ1v) is 7.81. The molecule has 0 aliphatic rings. The van der Waals surface area contributed by atoms with Gasteiger partial charge in [-0.3, -0.25) is 4.99 Å². The predicted molar refractivity (Wildman–Crippen MR) is 110 cm³/mol. The highest BCUT2D eigenvalue weighted by atomic mass is 127. The Balaban J connectivity index is 0.00000529. The molecule has 1 aromatic carbocycles. The van der Waals surface area contributed by atoms with Crippen LogP contribution in [0.25, 0.3) is 0 Å². The number of nitrogens with zero attached hydrogens (tertiary/aromatic N) is 2. The van der Waals surface area contributed by atoms with Gasteiger partial charge in [0.05, 0.1) is 6.54 Å². The van der Waals surface area contributed by atoms with E-state index >= 15 is 0 Å². The number of carbonyl (C=O) groups is 1. The van der Waals surface area contributed by atoms with Crippen molar-refractivity contribution in [2.75, 3.05) is 25.5 Å². The van der Waals surface area contributed by atoms with Crippen molar-refractivity contribution in [1.82, 2.24) is 4.90 Å². The number of aliphatic imine (C=N–C) groups is 1. The van der Waals surface area contributed by atoms with Crippen molar-refractivity contribution in [2.45, 2.75) is 39.7 Å². The van der Waals surface area contributed by atoms with Crippen LogP contribution in [0, 0.1) is 0 Å². The maximum absolute atomic E-state index is 11.8. The number of hydrogen-bond acceptors (Lipinski definition) is 3. The number of nitrogens with one attached hydrogen (secondary N) is 1. The fraction of sp³-hybridized carbons (Fsp3) is 0.529. The number of halogens is 1. The van der Waals surface area contributed by atoms with E-state index in [4.69, 9.17) is 10.5 Å². The number of likely N-dealkylation sites (N-methyl/N-ethyl adjacent to an activating group) is 1. The first-order chi connectivity index (χ1) is 10.7. The molecular weight excluding hydrogens is 419 g/mol. The SMILES string of the molecule is CCc1cccc(NC(N)=NCCN(C)C(=O)OC(C)(C)C)c1.I. The van der Waals surface area contributed by atoms with Gasteiger partial charge in [-0.25, -0.2) is 4.79 Å². The quantitative estimate of drug-likeness (QED) is 0.411. The highest BCUT2D eigenvalue weighted by Crippen LogP contribution is 2.11. The fourth-order valence-electron chi connectivity index (χ4n) is 1.81. The monoisotopic (exact) mass is 448 g/mol. The molecule has 1 aromatic rings. The van der Waals surface area contributed by atoms with Crippen molar-refractivity contribution >= 4 is 41.7 Å². The minimum absolute atomic E-state index is 0. The molecule has 0 aromatic heterocycles. The van der Waals surface area contributed by atoms with Gasteiger partial charge in [-0.15, -0.1) is 24.0 Å². The van der Waals surface area contributed by atoms with Gasteiger partial charge in [0, 0.05) is 19.3 Å². The maximum atomic E-state index is 11.8. The third-order valence-electron chi connectivity index (χ3n) is 3.03. The Morgan fingerprint density at radius 3 is 2.62 bits per heavy atom. The molecule has 24 heavy (non-hydrogen) atoms. The molecule has 6 nitrogen and oxygen atoms in total. The van der Waals surface area contributed by atoms with E-state index in [0.29, 0.717) is 19.0 Å². The summed E-state index contributed by atoms with van der Waals surface area (Å²) in [5.41, 5.74) is 7.50. The lowest BCUT2D eigenvalue weighted by Crippen LogP contribution is -2.36. The number of nitrogens with two attached hydrogens (primary N) is 1. The van der Waals surface area contributed by atoms with E-state index in [0.717, 1.165) is 12.1 Å². The Morgan fingerprint density at radius 1 is 1.38 bits per heavy atom. The first kappa shape index (κ1) is 22.5. The summed E-state index contributed by atoms with van der Waals surface area (Å²) in [7, 11) is 1.68. The van der Waals surface area contributed by atoms with Crippen molar-refractivity contribution in [3.8, 4) is 0 Å². The predicted octanol–water partition coefficient (Wildman–Crippen LogP) is 3.46. The average molecular weight is 448 g/mol. The molecule has 0 heterocycles. The Bertz CT molecular complexity index is 556. The zero-order valence-electron chi connectivity index (χ0n) is 15.1. The lowest BCUT2D eigenvalue weighted by Gasteiger charge is -2.24. The van der Waals surface area contributed by atoms with Gasteiger partial charge in [-0.2, -0.15) is 0 Å². The molecule has 0 fully saturated rings. The van der Waals surface area contributed by atoms with Gasteiger partial charge in [-0.1, -0.05) is 19.1 Å². The highest BCUT2D eigenvalue weighted by molar-refractivity contribution is 14.0. The molecule has 3 N–H and O–H groups in total. The van der Waals surface area contributed by atoms with Gasteiger partial charge in [0.2, 0.25) is 0 Å². The van der Waals surface area contributed by atoms with E-state index in [9.17, 15) is 4.79 Å². The molecule has 136 valence electrons. The smallest absolute Gasteiger partial charge is 0.410 e. The molecule has 7 heteroatoms. The second-order valence-corrected chi connectivity index (χ2v) is 6.35. The minimum Gasteiger partial charge on any atom is -0.444 e. The number of anilines is 1. The average Bonchev–Trinajstić information content (AvgIpc) is 2.45. The Labute approximate surface area is 161 Å². The summed E-state index contributed by atoms with van der Waals surface area (Å²) in [5.74, 6) is 0.329. The van der Waals surface area contributed by atoms with Gasteiger partial charge >= 0.3 is 6.09 Å². The molecule has 1 amide bonds. The largest absolute Gasteiger partial charge is 0.444 e. The zero-order valence-corrected chi connectivity index (χ0v) is 17.5. The summed E-state index contributed by atoms with van der Waals surface area (Å²) in [6.07, 6.45) is 0.600. The van der Waals surface area contributed by atoms with Crippen LogP contribution in [-0.4, -0.2) is 42.7 Å². The highest BCUT2D eigenvalue weighted by Gasteiger charge is 2.19. The van der Waals surface area contributed by atoms with E-state index in [1.165, 1.54) is 10.5 Å². The Kier molecular flexibility index (Phi) is 9.72. The molecule has 0 bridgehead atoms. The fourth-order valence-corrected chi connectivity index (χ4v) is 1.81. The van der Waals surface area contributed by atoms with Gasteiger partial charge in [-0.05, 0) is 44.9 Å². The molecule has 1 rings (SSSR count). The van der Waals surface area contributed by atoms with Crippen LogP contribution in [0.2, 0.25) is 0 Å². The molecule has 0 saturated carbocycles. The van der Waals surface area contributed by atoms with Gasteiger partial charge in [0.15, 0.2) is 5.96 Å². The number of ether oxygens (including phenoxy) is 1. The number of aryl methyl sites for hydroxylation is 1. The number of rotatable bonds is 5. The molecule has 0 spiro atoms. The lowest BCUT2D eigenvalue weighted by atomic mass is 10.1. The summed E-state index contributed by atoms with van der Waals surface area (Å²) in [6, 6.07) is 8.02. The molecular formula is C17H29IN4O2. The summed E-state index contributed by atoms with van der Waals surface area (Å²) < 4.78 is 5.27. The molecule has 0 saturated heterocycles.